The van der Waals surface area contributed by atoms with Crippen LogP contribution in [0.4, 0.5) is 20.4 Å². The fourth-order valence-corrected chi connectivity index (χ4v) is 6.73. The maximum absolute atomic E-state index is 16.5. The summed E-state index contributed by atoms with van der Waals surface area (Å²) in [5, 5.41) is 4.62. The summed E-state index contributed by atoms with van der Waals surface area (Å²) in [4.78, 5) is 25.0. The van der Waals surface area contributed by atoms with Crippen LogP contribution in [0.3, 0.4) is 0 Å². The summed E-state index contributed by atoms with van der Waals surface area (Å²) in [7, 11) is 0. The first-order valence-electron chi connectivity index (χ1n) is 14.5. The van der Waals surface area contributed by atoms with Gasteiger partial charge in [-0.05, 0) is 56.3 Å². The zero-order chi connectivity index (χ0) is 29.0. The van der Waals surface area contributed by atoms with Crippen molar-refractivity contribution in [2.24, 2.45) is 4.99 Å². The lowest BCUT2D eigenvalue weighted by Gasteiger charge is -2.31. The Morgan fingerprint density at radius 1 is 0.977 bits per heavy atom. The Balaban J connectivity index is 1.26. The molecular formula is C32H28F2N8O. The first-order chi connectivity index (χ1) is 21.1. The summed E-state index contributed by atoms with van der Waals surface area (Å²) in [5.74, 6) is 0.467. The van der Waals surface area contributed by atoms with Crippen LogP contribution in [0.2, 0.25) is 0 Å². The highest BCUT2D eigenvalue weighted by Crippen LogP contribution is 2.40. The summed E-state index contributed by atoms with van der Waals surface area (Å²) in [6.45, 7) is 3.09. The Morgan fingerprint density at radius 2 is 1.81 bits per heavy atom. The van der Waals surface area contributed by atoms with Gasteiger partial charge in [0.25, 0.3) is 0 Å². The third-order valence-electron chi connectivity index (χ3n) is 8.80. The molecule has 3 aliphatic rings. The molecule has 0 spiro atoms. The van der Waals surface area contributed by atoms with Crippen molar-refractivity contribution in [2.45, 2.75) is 31.2 Å². The topological polar surface area (TPSA) is 93.4 Å². The molecule has 0 saturated carbocycles. The minimum Gasteiger partial charge on any atom is -0.461 e. The van der Waals surface area contributed by atoms with Gasteiger partial charge in [0, 0.05) is 23.3 Å². The van der Waals surface area contributed by atoms with E-state index in [0.29, 0.717) is 52.3 Å². The van der Waals surface area contributed by atoms with Crippen molar-refractivity contribution in [3.8, 4) is 17.3 Å². The third kappa shape index (κ3) is 4.34. The Hall–Kier alpha value is -4.77. The predicted octanol–water partition coefficient (Wildman–Crippen LogP) is 5.97. The maximum Gasteiger partial charge on any atom is 0.319 e. The molecule has 0 unspecified atom stereocenters. The molecule has 2 fully saturated rings. The number of aromatic nitrogens is 5. The molecule has 2 aromatic carbocycles. The summed E-state index contributed by atoms with van der Waals surface area (Å²) in [6, 6.07) is 10.1. The van der Waals surface area contributed by atoms with Gasteiger partial charge in [-0.3, -0.25) is 19.4 Å². The standard InChI is InChI=1S/C32H28F2N8O/c33-23-9-2-7-20-6-1-8-21(26(20)23)28-27(34)29-22(16-37-28)30(38-25-18-36-24-17-35-12-5-15-42(24)25)40-31(39-29)43-19-32-10-3-13-41(32)14-4-11-32/h1-2,5-9,15-18H,3-4,10-14,19H2,(H,38,39,40). The van der Waals surface area contributed by atoms with Crippen LogP contribution in [0.1, 0.15) is 31.5 Å². The molecule has 0 radical (unpaired) electrons. The van der Waals surface area contributed by atoms with E-state index in [4.69, 9.17) is 9.72 Å². The molecule has 0 aliphatic carbocycles. The van der Waals surface area contributed by atoms with Crippen LogP contribution < -0.4 is 10.1 Å². The fraction of sp³-hybridized carbons (Fsp3) is 0.281. The molecule has 3 aromatic heterocycles. The molecular weight excluding hydrogens is 550 g/mol. The molecule has 0 atom stereocenters. The van der Waals surface area contributed by atoms with E-state index in [1.54, 1.807) is 42.7 Å². The van der Waals surface area contributed by atoms with Crippen LogP contribution in [0.15, 0.2) is 59.9 Å². The second kappa shape index (κ2) is 10.2. The number of hydrogen-bond acceptors (Lipinski definition) is 8. The van der Waals surface area contributed by atoms with E-state index >= 15 is 8.78 Å². The van der Waals surface area contributed by atoms with Crippen molar-refractivity contribution in [1.82, 2.24) is 29.4 Å². The van der Waals surface area contributed by atoms with Crippen molar-refractivity contribution < 1.29 is 13.5 Å². The molecule has 8 rings (SSSR count). The van der Waals surface area contributed by atoms with Crippen LogP contribution in [0.5, 0.6) is 6.01 Å². The molecule has 9 nitrogen and oxygen atoms in total. The first-order valence-corrected chi connectivity index (χ1v) is 14.5. The average Bonchev–Trinajstić information content (AvgIpc) is 3.66. The van der Waals surface area contributed by atoms with E-state index in [1.165, 1.54) is 12.3 Å². The number of benzene rings is 2. The van der Waals surface area contributed by atoms with E-state index in [1.807, 2.05) is 16.8 Å². The number of rotatable bonds is 6. The highest BCUT2D eigenvalue weighted by atomic mass is 19.1. The second-order valence-corrected chi connectivity index (χ2v) is 11.3. The lowest BCUT2D eigenvalue weighted by molar-refractivity contribution is 0.108. The van der Waals surface area contributed by atoms with Crippen LogP contribution in [-0.4, -0.2) is 67.4 Å². The van der Waals surface area contributed by atoms with Crippen LogP contribution in [0.25, 0.3) is 39.1 Å². The van der Waals surface area contributed by atoms with Gasteiger partial charge in [0.05, 0.1) is 29.9 Å². The number of nitrogens with zero attached hydrogens (tertiary/aromatic N) is 7. The van der Waals surface area contributed by atoms with Crippen molar-refractivity contribution in [3.63, 3.8) is 0 Å². The molecule has 5 aromatic rings. The fourth-order valence-electron chi connectivity index (χ4n) is 6.73. The number of nitrogens with one attached hydrogen (secondary N) is 1. The first kappa shape index (κ1) is 25.9. The van der Waals surface area contributed by atoms with Gasteiger partial charge in [0.2, 0.25) is 0 Å². The quantitative estimate of drug-likeness (QED) is 0.265. The Labute approximate surface area is 246 Å². The van der Waals surface area contributed by atoms with Gasteiger partial charge in [-0.2, -0.15) is 9.97 Å². The number of imidazole rings is 1. The molecule has 216 valence electrons. The number of fused-ring (bicyclic) bond motifs is 4. The highest BCUT2D eigenvalue weighted by Gasteiger charge is 2.45. The predicted molar refractivity (Wildman–Crippen MR) is 162 cm³/mol. The summed E-state index contributed by atoms with van der Waals surface area (Å²) >= 11 is 0. The van der Waals surface area contributed by atoms with Crippen LogP contribution >= 0.6 is 0 Å². The number of halogens is 2. The molecule has 43 heavy (non-hydrogen) atoms. The number of ether oxygens (including phenoxy) is 1. The molecule has 0 amide bonds. The van der Waals surface area contributed by atoms with Gasteiger partial charge in [0.1, 0.15) is 35.3 Å². The number of pyridine rings is 1. The highest BCUT2D eigenvalue weighted by molar-refractivity contribution is 5.99. The Morgan fingerprint density at radius 3 is 2.67 bits per heavy atom. The minimum absolute atomic E-state index is 0.00696. The Kier molecular flexibility index (Phi) is 6.14. The zero-order valence-corrected chi connectivity index (χ0v) is 23.3. The Bertz CT molecular complexity index is 1940. The number of aliphatic imine (C=N–C) groups is 1. The lowest BCUT2D eigenvalue weighted by Crippen LogP contribution is -2.43. The lowest BCUT2D eigenvalue weighted by atomic mass is 9.95. The largest absolute Gasteiger partial charge is 0.461 e. The monoisotopic (exact) mass is 578 g/mol. The van der Waals surface area contributed by atoms with Gasteiger partial charge in [0.15, 0.2) is 11.6 Å². The normalized spacial score (nSPS) is 17.3. The van der Waals surface area contributed by atoms with E-state index in [0.717, 1.165) is 38.8 Å². The van der Waals surface area contributed by atoms with Gasteiger partial charge in [-0.25, -0.2) is 13.8 Å². The SMILES string of the molecule is Fc1c(-c2cccc3cccc(F)c23)ncc2c(Nc3cnc4n3C=CCN=C4)nc(OCC34CCCN3CCC4)nc12. The van der Waals surface area contributed by atoms with Crippen molar-refractivity contribution >= 4 is 45.7 Å². The summed E-state index contributed by atoms with van der Waals surface area (Å²) in [6.07, 6.45) is 13.0. The van der Waals surface area contributed by atoms with Gasteiger partial charge < -0.3 is 10.1 Å². The summed E-state index contributed by atoms with van der Waals surface area (Å²) in [5.41, 5.74) is 0.349. The molecule has 1 N–H and O–H groups in total. The minimum atomic E-state index is -0.677. The van der Waals surface area contributed by atoms with E-state index in [-0.39, 0.29) is 22.8 Å². The second-order valence-electron chi connectivity index (χ2n) is 11.3. The molecule has 3 aliphatic heterocycles. The van der Waals surface area contributed by atoms with Crippen molar-refractivity contribution in [1.29, 1.82) is 0 Å². The smallest absolute Gasteiger partial charge is 0.319 e. The molecule has 2 saturated heterocycles. The van der Waals surface area contributed by atoms with Gasteiger partial charge in [-0.15, -0.1) is 0 Å². The average molecular weight is 579 g/mol. The molecule has 0 bridgehead atoms. The van der Waals surface area contributed by atoms with Gasteiger partial charge >= 0.3 is 6.01 Å². The maximum atomic E-state index is 16.5. The van der Waals surface area contributed by atoms with Crippen LogP contribution in [0, 0.1) is 11.6 Å². The van der Waals surface area contributed by atoms with Crippen molar-refractivity contribution in [2.75, 3.05) is 31.6 Å². The van der Waals surface area contributed by atoms with E-state index < -0.39 is 11.6 Å². The molecule has 6 heterocycles. The third-order valence-corrected chi connectivity index (χ3v) is 8.80. The van der Waals surface area contributed by atoms with Crippen molar-refractivity contribution in [3.05, 3.63) is 72.3 Å². The van der Waals surface area contributed by atoms with Crippen LogP contribution in [-0.2, 0) is 0 Å². The molecule has 11 heteroatoms. The summed E-state index contributed by atoms with van der Waals surface area (Å²) < 4.78 is 39.6. The zero-order valence-electron chi connectivity index (χ0n) is 23.3. The number of hydrogen-bond donors (Lipinski definition) is 1. The van der Waals surface area contributed by atoms with E-state index in [9.17, 15) is 0 Å². The number of anilines is 2. The van der Waals surface area contributed by atoms with Gasteiger partial charge in [-0.1, -0.05) is 30.3 Å². The van der Waals surface area contributed by atoms with E-state index in [2.05, 4.69) is 30.2 Å².